The molecule has 1 rings (SSSR count). The Balaban J connectivity index is 3.08. The molecule has 112 valence electrons. The standard InChI is InChI=1S/C13H14ClF3O3/c1-8(6-12(19,7-18)13(15,16)17)9-4-3-5-10(20-2)11(9)14/h3-5,7-8,19H,6H2,1-2H3. The number of aliphatic hydroxyl groups is 1. The van der Waals surface area contributed by atoms with Gasteiger partial charge in [-0.3, -0.25) is 4.79 Å². The molecule has 2 unspecified atom stereocenters. The van der Waals surface area contributed by atoms with Crippen LogP contribution in [-0.2, 0) is 4.79 Å². The van der Waals surface area contributed by atoms with E-state index in [1.54, 1.807) is 12.1 Å². The van der Waals surface area contributed by atoms with Crippen LogP contribution in [0.15, 0.2) is 18.2 Å². The van der Waals surface area contributed by atoms with Crippen LogP contribution in [0.3, 0.4) is 0 Å². The molecule has 1 N–H and O–H groups in total. The van der Waals surface area contributed by atoms with Crippen LogP contribution in [0.2, 0.25) is 5.02 Å². The molecule has 0 fully saturated rings. The van der Waals surface area contributed by atoms with Crippen LogP contribution < -0.4 is 4.74 Å². The number of halogens is 4. The molecule has 0 bridgehead atoms. The maximum absolute atomic E-state index is 12.7. The van der Waals surface area contributed by atoms with Crippen molar-refractivity contribution in [3.8, 4) is 5.75 Å². The van der Waals surface area contributed by atoms with E-state index in [0.29, 0.717) is 11.3 Å². The van der Waals surface area contributed by atoms with Gasteiger partial charge in [0.25, 0.3) is 0 Å². The molecule has 0 heterocycles. The zero-order valence-corrected chi connectivity index (χ0v) is 11.6. The first kappa shape index (κ1) is 16.8. The van der Waals surface area contributed by atoms with Crippen molar-refractivity contribution in [1.29, 1.82) is 0 Å². The van der Waals surface area contributed by atoms with Crippen LogP contribution >= 0.6 is 11.6 Å². The van der Waals surface area contributed by atoms with Gasteiger partial charge in [0.2, 0.25) is 5.60 Å². The van der Waals surface area contributed by atoms with Gasteiger partial charge in [0.1, 0.15) is 5.75 Å². The lowest BCUT2D eigenvalue weighted by Crippen LogP contribution is -2.47. The van der Waals surface area contributed by atoms with Gasteiger partial charge in [-0.1, -0.05) is 30.7 Å². The van der Waals surface area contributed by atoms with E-state index in [1.165, 1.54) is 20.1 Å². The van der Waals surface area contributed by atoms with Crippen molar-refractivity contribution in [2.24, 2.45) is 0 Å². The molecule has 3 nitrogen and oxygen atoms in total. The quantitative estimate of drug-likeness (QED) is 0.849. The summed E-state index contributed by atoms with van der Waals surface area (Å²) < 4.78 is 43.0. The van der Waals surface area contributed by atoms with Gasteiger partial charge in [0.15, 0.2) is 6.29 Å². The first-order valence-electron chi connectivity index (χ1n) is 5.74. The van der Waals surface area contributed by atoms with Gasteiger partial charge in [0, 0.05) is 0 Å². The first-order valence-corrected chi connectivity index (χ1v) is 6.12. The fourth-order valence-corrected chi connectivity index (χ4v) is 2.26. The van der Waals surface area contributed by atoms with E-state index in [4.69, 9.17) is 16.3 Å². The Morgan fingerprint density at radius 1 is 1.45 bits per heavy atom. The van der Waals surface area contributed by atoms with E-state index in [0.717, 1.165) is 0 Å². The van der Waals surface area contributed by atoms with E-state index >= 15 is 0 Å². The summed E-state index contributed by atoms with van der Waals surface area (Å²) in [7, 11) is 1.38. The van der Waals surface area contributed by atoms with Crippen molar-refractivity contribution >= 4 is 17.9 Å². The van der Waals surface area contributed by atoms with E-state index in [2.05, 4.69) is 0 Å². The molecule has 0 aliphatic heterocycles. The lowest BCUT2D eigenvalue weighted by Gasteiger charge is -2.28. The van der Waals surface area contributed by atoms with Gasteiger partial charge < -0.3 is 9.84 Å². The van der Waals surface area contributed by atoms with Crippen LogP contribution in [-0.4, -0.2) is 30.3 Å². The van der Waals surface area contributed by atoms with Gasteiger partial charge in [-0.15, -0.1) is 0 Å². The lowest BCUT2D eigenvalue weighted by molar-refractivity contribution is -0.247. The highest BCUT2D eigenvalue weighted by Gasteiger charge is 2.54. The summed E-state index contributed by atoms with van der Waals surface area (Å²) in [4.78, 5) is 10.6. The van der Waals surface area contributed by atoms with Crippen LogP contribution in [0.4, 0.5) is 13.2 Å². The Morgan fingerprint density at radius 3 is 2.50 bits per heavy atom. The molecule has 0 saturated heterocycles. The molecule has 20 heavy (non-hydrogen) atoms. The number of carbonyl (C=O) groups is 1. The number of hydrogen-bond donors (Lipinski definition) is 1. The highest BCUT2D eigenvalue weighted by Crippen LogP contribution is 2.40. The van der Waals surface area contributed by atoms with Crippen LogP contribution in [0.1, 0.15) is 24.8 Å². The lowest BCUT2D eigenvalue weighted by atomic mass is 9.87. The summed E-state index contributed by atoms with van der Waals surface area (Å²) in [5.41, 5.74) is -3.02. The van der Waals surface area contributed by atoms with Crippen molar-refractivity contribution < 1.29 is 27.8 Å². The largest absolute Gasteiger partial charge is 0.495 e. The van der Waals surface area contributed by atoms with Crippen molar-refractivity contribution in [1.82, 2.24) is 0 Å². The summed E-state index contributed by atoms with van der Waals surface area (Å²) in [5, 5.41) is 9.60. The van der Waals surface area contributed by atoms with Gasteiger partial charge in [-0.05, 0) is 24.0 Å². The molecule has 0 aliphatic rings. The predicted octanol–water partition coefficient (Wildman–Crippen LogP) is 3.33. The van der Waals surface area contributed by atoms with E-state index in [-0.39, 0.29) is 5.02 Å². The number of rotatable bonds is 5. The Hall–Kier alpha value is -1.27. The van der Waals surface area contributed by atoms with Crippen LogP contribution in [0.25, 0.3) is 0 Å². The number of ether oxygens (including phenoxy) is 1. The third-order valence-electron chi connectivity index (χ3n) is 3.05. The minimum atomic E-state index is -5.03. The molecule has 0 spiro atoms. The number of aldehydes is 1. The van der Waals surface area contributed by atoms with Crippen molar-refractivity contribution in [2.75, 3.05) is 7.11 Å². The van der Waals surface area contributed by atoms with Crippen LogP contribution in [0.5, 0.6) is 5.75 Å². The minimum absolute atomic E-state index is 0.165. The van der Waals surface area contributed by atoms with Crippen molar-refractivity contribution in [3.05, 3.63) is 28.8 Å². The number of alkyl halides is 3. The van der Waals surface area contributed by atoms with Gasteiger partial charge in [-0.2, -0.15) is 13.2 Å². The topological polar surface area (TPSA) is 46.5 Å². The molecule has 0 amide bonds. The Kier molecular flexibility index (Phi) is 5.05. The molecule has 0 aromatic heterocycles. The Bertz CT molecular complexity index is 490. The fourth-order valence-electron chi connectivity index (χ4n) is 1.87. The summed E-state index contributed by atoms with van der Waals surface area (Å²) in [6.07, 6.45) is -6.33. The van der Waals surface area contributed by atoms with Crippen molar-refractivity contribution in [2.45, 2.75) is 31.0 Å². The monoisotopic (exact) mass is 310 g/mol. The number of hydrogen-bond acceptors (Lipinski definition) is 3. The van der Waals surface area contributed by atoms with Gasteiger partial charge in [-0.25, -0.2) is 0 Å². The molecule has 0 radical (unpaired) electrons. The SMILES string of the molecule is COc1cccc(C(C)CC(O)(C=O)C(F)(F)F)c1Cl. The predicted molar refractivity (Wildman–Crippen MR) is 68.1 cm³/mol. The Labute approximate surface area is 119 Å². The maximum Gasteiger partial charge on any atom is 0.424 e. The zero-order valence-electron chi connectivity index (χ0n) is 10.9. The number of methoxy groups -OCH3 is 1. The third kappa shape index (κ3) is 3.24. The van der Waals surface area contributed by atoms with Crippen molar-refractivity contribution in [3.63, 3.8) is 0 Å². The summed E-state index contributed by atoms with van der Waals surface area (Å²) in [6, 6.07) is 4.66. The molecule has 1 aromatic carbocycles. The molecule has 1 aromatic rings. The fraction of sp³-hybridized carbons (Fsp3) is 0.462. The Morgan fingerprint density at radius 2 is 2.05 bits per heavy atom. The molecular weight excluding hydrogens is 297 g/mol. The minimum Gasteiger partial charge on any atom is -0.495 e. The molecule has 7 heteroatoms. The molecular formula is C13H14ClF3O3. The second-order valence-electron chi connectivity index (χ2n) is 4.51. The highest BCUT2D eigenvalue weighted by molar-refractivity contribution is 6.32. The van der Waals surface area contributed by atoms with Gasteiger partial charge >= 0.3 is 6.18 Å². The number of carbonyl (C=O) groups excluding carboxylic acids is 1. The summed E-state index contributed by atoms with van der Waals surface area (Å²) in [5.74, 6) is -0.466. The average molecular weight is 311 g/mol. The molecule has 0 saturated carbocycles. The third-order valence-corrected chi connectivity index (χ3v) is 3.45. The summed E-state index contributed by atoms with van der Waals surface area (Å²) in [6.45, 7) is 1.45. The van der Waals surface area contributed by atoms with Crippen LogP contribution in [0, 0.1) is 0 Å². The molecule has 2 atom stereocenters. The first-order chi connectivity index (χ1) is 9.16. The van der Waals surface area contributed by atoms with Gasteiger partial charge in [0.05, 0.1) is 12.1 Å². The second kappa shape index (κ2) is 6.01. The molecule has 0 aliphatic carbocycles. The average Bonchev–Trinajstić information content (AvgIpc) is 2.37. The zero-order chi connectivity index (χ0) is 15.6. The smallest absolute Gasteiger partial charge is 0.424 e. The maximum atomic E-state index is 12.7. The normalized spacial score (nSPS) is 16.4. The second-order valence-corrected chi connectivity index (χ2v) is 4.89. The number of benzene rings is 1. The summed E-state index contributed by atoms with van der Waals surface area (Å²) >= 11 is 6.01. The van der Waals surface area contributed by atoms with E-state index < -0.39 is 30.4 Å². The highest BCUT2D eigenvalue weighted by atomic mass is 35.5. The van der Waals surface area contributed by atoms with E-state index in [9.17, 15) is 23.1 Å². The van der Waals surface area contributed by atoms with E-state index in [1.807, 2.05) is 0 Å².